The molecule has 0 radical (unpaired) electrons. The number of aryl methyl sites for hydroxylation is 1. The summed E-state index contributed by atoms with van der Waals surface area (Å²) in [6.07, 6.45) is 8.51. The molecule has 4 aromatic heterocycles. The Morgan fingerprint density at radius 1 is 1.20 bits per heavy atom. The first kappa shape index (κ1) is 15.1. The van der Waals surface area contributed by atoms with Crippen LogP contribution in [0.4, 0.5) is 5.95 Å². The largest absolute Gasteiger partial charge is 0.472 e. The number of pyridine rings is 1. The number of nitrogens with one attached hydrogen (secondary N) is 1. The predicted molar refractivity (Wildman–Crippen MR) is 91.5 cm³/mol. The first-order valence-electron chi connectivity index (χ1n) is 7.75. The summed E-state index contributed by atoms with van der Waals surface area (Å²) >= 11 is 0. The van der Waals surface area contributed by atoms with Crippen molar-refractivity contribution >= 4 is 5.95 Å². The Hall–Kier alpha value is -3.48. The summed E-state index contributed by atoms with van der Waals surface area (Å²) in [5, 5.41) is 7.15. The number of hydrogen-bond acceptors (Lipinski definition) is 7. The van der Waals surface area contributed by atoms with Crippen molar-refractivity contribution in [3.63, 3.8) is 0 Å². The van der Waals surface area contributed by atoms with Gasteiger partial charge < -0.3 is 14.3 Å². The van der Waals surface area contributed by atoms with E-state index in [2.05, 4.69) is 25.4 Å². The van der Waals surface area contributed by atoms with E-state index >= 15 is 0 Å². The van der Waals surface area contributed by atoms with Gasteiger partial charge in [0.15, 0.2) is 5.76 Å². The van der Waals surface area contributed by atoms with E-state index in [1.54, 1.807) is 31.1 Å². The second-order valence-corrected chi connectivity index (χ2v) is 5.52. The minimum atomic E-state index is 0.514. The molecular weight excluding hydrogens is 318 g/mol. The maximum Gasteiger partial charge on any atom is 0.223 e. The Labute approximate surface area is 143 Å². The lowest BCUT2D eigenvalue weighted by atomic mass is 10.1. The van der Waals surface area contributed by atoms with Crippen molar-refractivity contribution in [1.29, 1.82) is 0 Å². The number of anilines is 1. The van der Waals surface area contributed by atoms with E-state index < -0.39 is 0 Å². The highest BCUT2D eigenvalue weighted by molar-refractivity contribution is 5.77. The molecule has 0 aromatic carbocycles. The summed E-state index contributed by atoms with van der Waals surface area (Å²) in [4.78, 5) is 13.1. The van der Waals surface area contributed by atoms with E-state index in [1.165, 1.54) is 0 Å². The molecule has 0 spiro atoms. The molecule has 25 heavy (non-hydrogen) atoms. The summed E-state index contributed by atoms with van der Waals surface area (Å²) in [7, 11) is 0. The van der Waals surface area contributed by atoms with Gasteiger partial charge in [0.05, 0.1) is 29.5 Å². The third-order valence-electron chi connectivity index (χ3n) is 3.65. The zero-order chi connectivity index (χ0) is 17.1. The minimum Gasteiger partial charge on any atom is -0.472 e. The van der Waals surface area contributed by atoms with Gasteiger partial charge in [0, 0.05) is 36.8 Å². The summed E-state index contributed by atoms with van der Waals surface area (Å²) in [6, 6.07) is 7.58. The monoisotopic (exact) mass is 333 g/mol. The Bertz CT molecular complexity index is 964. The van der Waals surface area contributed by atoms with Gasteiger partial charge in [0.2, 0.25) is 5.95 Å². The number of aromatic nitrogens is 4. The van der Waals surface area contributed by atoms with Gasteiger partial charge in [-0.3, -0.25) is 4.98 Å². The zero-order valence-electron chi connectivity index (χ0n) is 13.5. The molecule has 0 fully saturated rings. The van der Waals surface area contributed by atoms with Crippen LogP contribution >= 0.6 is 0 Å². The smallest absolute Gasteiger partial charge is 0.223 e. The molecule has 0 aliphatic heterocycles. The van der Waals surface area contributed by atoms with E-state index in [-0.39, 0.29) is 0 Å². The van der Waals surface area contributed by atoms with Crippen LogP contribution < -0.4 is 5.32 Å². The molecule has 7 nitrogen and oxygen atoms in total. The van der Waals surface area contributed by atoms with Gasteiger partial charge >= 0.3 is 0 Å². The lowest BCUT2D eigenvalue weighted by molar-refractivity contribution is 0.427. The number of rotatable bonds is 5. The molecule has 0 unspecified atom stereocenters. The molecule has 7 heteroatoms. The van der Waals surface area contributed by atoms with Gasteiger partial charge in [-0.2, -0.15) is 0 Å². The second-order valence-electron chi connectivity index (χ2n) is 5.52. The Balaban J connectivity index is 1.67. The molecule has 0 atom stereocenters. The van der Waals surface area contributed by atoms with Crippen LogP contribution in [0.5, 0.6) is 0 Å². The van der Waals surface area contributed by atoms with Crippen molar-refractivity contribution < 1.29 is 8.94 Å². The lowest BCUT2D eigenvalue weighted by Gasteiger charge is -2.08. The van der Waals surface area contributed by atoms with Gasteiger partial charge in [-0.25, -0.2) is 9.97 Å². The van der Waals surface area contributed by atoms with Crippen LogP contribution in [0.3, 0.4) is 0 Å². The van der Waals surface area contributed by atoms with Gasteiger partial charge in [-0.05, 0) is 24.6 Å². The van der Waals surface area contributed by atoms with Gasteiger partial charge in [-0.15, -0.1) is 0 Å². The Morgan fingerprint density at radius 2 is 2.16 bits per heavy atom. The lowest BCUT2D eigenvalue weighted by Crippen LogP contribution is -2.05. The molecule has 0 aliphatic rings. The summed E-state index contributed by atoms with van der Waals surface area (Å²) in [6.45, 7) is 2.45. The fraction of sp³-hybridized carbons (Fsp3) is 0.111. The maximum absolute atomic E-state index is 5.37. The van der Waals surface area contributed by atoms with Crippen LogP contribution in [0.15, 0.2) is 64.3 Å². The average Bonchev–Trinajstić information content (AvgIpc) is 3.32. The Morgan fingerprint density at radius 3 is 2.88 bits per heavy atom. The molecule has 0 bridgehead atoms. The predicted octanol–water partition coefficient (Wildman–Crippen LogP) is 3.71. The highest BCUT2D eigenvalue weighted by Crippen LogP contribution is 2.31. The zero-order valence-corrected chi connectivity index (χ0v) is 13.5. The molecule has 0 saturated carbocycles. The normalized spacial score (nSPS) is 10.8. The SMILES string of the molecule is Cc1cc(-c2cnc(NCc3cccnc3)nc2-c2ccoc2)on1. The molecule has 0 amide bonds. The third kappa shape index (κ3) is 3.25. The summed E-state index contributed by atoms with van der Waals surface area (Å²) < 4.78 is 10.6. The first-order valence-corrected chi connectivity index (χ1v) is 7.75. The van der Waals surface area contributed by atoms with Crippen molar-refractivity contribution in [2.45, 2.75) is 13.5 Å². The summed E-state index contributed by atoms with van der Waals surface area (Å²) in [5.41, 5.74) is 4.16. The van der Waals surface area contributed by atoms with E-state index in [9.17, 15) is 0 Å². The van der Waals surface area contributed by atoms with Gasteiger partial charge in [0.1, 0.15) is 0 Å². The fourth-order valence-electron chi connectivity index (χ4n) is 2.44. The van der Waals surface area contributed by atoms with Gasteiger partial charge in [0.25, 0.3) is 0 Å². The van der Waals surface area contributed by atoms with Crippen molar-refractivity contribution in [3.05, 3.63) is 66.6 Å². The number of hydrogen-bond donors (Lipinski definition) is 1. The molecular formula is C18H15N5O2. The fourth-order valence-corrected chi connectivity index (χ4v) is 2.44. The van der Waals surface area contributed by atoms with Crippen molar-refractivity contribution in [2.24, 2.45) is 0 Å². The quantitative estimate of drug-likeness (QED) is 0.595. The second kappa shape index (κ2) is 6.56. The highest BCUT2D eigenvalue weighted by atomic mass is 16.5. The van der Waals surface area contributed by atoms with Crippen LogP contribution in [0.1, 0.15) is 11.3 Å². The van der Waals surface area contributed by atoms with E-state index in [0.29, 0.717) is 23.9 Å². The summed E-state index contributed by atoms with van der Waals surface area (Å²) in [5.74, 6) is 1.13. The highest BCUT2D eigenvalue weighted by Gasteiger charge is 2.16. The van der Waals surface area contributed by atoms with Crippen LogP contribution in [-0.4, -0.2) is 20.1 Å². The van der Waals surface area contributed by atoms with Crippen LogP contribution in [0.2, 0.25) is 0 Å². The van der Waals surface area contributed by atoms with E-state index in [0.717, 1.165) is 22.4 Å². The van der Waals surface area contributed by atoms with Gasteiger partial charge in [-0.1, -0.05) is 11.2 Å². The first-order chi connectivity index (χ1) is 12.3. The average molecular weight is 333 g/mol. The molecule has 4 heterocycles. The van der Waals surface area contributed by atoms with Crippen LogP contribution in [0, 0.1) is 6.92 Å². The molecule has 1 N–H and O–H groups in total. The third-order valence-corrected chi connectivity index (χ3v) is 3.65. The maximum atomic E-state index is 5.37. The van der Waals surface area contributed by atoms with Crippen LogP contribution in [-0.2, 0) is 6.54 Å². The minimum absolute atomic E-state index is 0.514. The van der Waals surface area contributed by atoms with Crippen molar-refractivity contribution in [1.82, 2.24) is 20.1 Å². The number of nitrogens with zero attached hydrogens (tertiary/aromatic N) is 4. The molecule has 0 aliphatic carbocycles. The van der Waals surface area contributed by atoms with Crippen molar-refractivity contribution in [3.8, 4) is 22.6 Å². The number of furan rings is 1. The molecule has 4 rings (SSSR count). The molecule has 124 valence electrons. The molecule has 0 saturated heterocycles. The van der Waals surface area contributed by atoms with Crippen molar-refractivity contribution in [2.75, 3.05) is 5.32 Å². The molecule has 4 aromatic rings. The van der Waals surface area contributed by atoms with E-state index in [4.69, 9.17) is 8.94 Å². The topological polar surface area (TPSA) is 89.9 Å². The standard InChI is InChI=1S/C18H15N5O2/c1-12-7-16(25-23-12)15-10-21-18(20-9-13-3-2-5-19-8-13)22-17(15)14-4-6-24-11-14/h2-8,10-11H,9H2,1H3,(H,20,21,22). The van der Waals surface area contributed by atoms with Crippen LogP contribution in [0.25, 0.3) is 22.6 Å². The van der Waals surface area contributed by atoms with E-state index in [1.807, 2.05) is 31.2 Å². The Kier molecular flexibility index (Phi) is 3.96.